The minimum atomic E-state index is -0.493. The Hall–Kier alpha value is -3.12. The third-order valence-electron chi connectivity index (χ3n) is 3.72. The zero-order chi connectivity index (χ0) is 18.5. The summed E-state index contributed by atoms with van der Waals surface area (Å²) in [6.45, 7) is 2.00. The lowest BCUT2D eigenvalue weighted by Gasteiger charge is -2.07. The number of benzene rings is 1. The number of esters is 1. The average molecular weight is 367 g/mol. The van der Waals surface area contributed by atoms with Crippen LogP contribution >= 0.6 is 11.3 Å². The SMILES string of the molecule is COC(=O)c1c(-c2ccc(C)cc2)csc1NC(=O)C=Cc1ccco1. The second kappa shape index (κ2) is 7.84. The van der Waals surface area contributed by atoms with Gasteiger partial charge in [-0.2, -0.15) is 0 Å². The van der Waals surface area contributed by atoms with Gasteiger partial charge < -0.3 is 14.5 Å². The van der Waals surface area contributed by atoms with Gasteiger partial charge in [0, 0.05) is 17.0 Å². The third kappa shape index (κ3) is 3.92. The number of anilines is 1. The maximum absolute atomic E-state index is 12.3. The zero-order valence-electron chi connectivity index (χ0n) is 14.3. The van der Waals surface area contributed by atoms with E-state index in [0.29, 0.717) is 16.3 Å². The summed E-state index contributed by atoms with van der Waals surface area (Å²) >= 11 is 1.28. The van der Waals surface area contributed by atoms with Crippen LogP contribution in [0.25, 0.3) is 17.2 Å². The van der Waals surface area contributed by atoms with Crippen molar-refractivity contribution in [3.63, 3.8) is 0 Å². The minimum Gasteiger partial charge on any atom is -0.465 e. The molecule has 0 saturated heterocycles. The first-order chi connectivity index (χ1) is 12.6. The Morgan fingerprint density at radius 2 is 1.96 bits per heavy atom. The second-order valence-electron chi connectivity index (χ2n) is 5.55. The lowest BCUT2D eigenvalue weighted by Crippen LogP contribution is -2.11. The van der Waals surface area contributed by atoms with Crippen LogP contribution in [0.5, 0.6) is 0 Å². The first-order valence-corrected chi connectivity index (χ1v) is 8.76. The molecule has 0 saturated carbocycles. The normalized spacial score (nSPS) is 10.8. The maximum atomic E-state index is 12.3. The van der Waals surface area contributed by atoms with Crippen molar-refractivity contribution in [1.82, 2.24) is 0 Å². The van der Waals surface area contributed by atoms with E-state index in [4.69, 9.17) is 9.15 Å². The maximum Gasteiger partial charge on any atom is 0.341 e. The second-order valence-corrected chi connectivity index (χ2v) is 6.43. The molecule has 0 bridgehead atoms. The Kier molecular flexibility index (Phi) is 5.34. The Morgan fingerprint density at radius 3 is 2.62 bits per heavy atom. The average Bonchev–Trinajstić information content (AvgIpc) is 3.30. The third-order valence-corrected chi connectivity index (χ3v) is 4.62. The van der Waals surface area contributed by atoms with Crippen LogP contribution in [0.3, 0.4) is 0 Å². The van der Waals surface area contributed by atoms with E-state index in [1.165, 1.54) is 30.8 Å². The van der Waals surface area contributed by atoms with Crippen LogP contribution in [0.2, 0.25) is 0 Å². The van der Waals surface area contributed by atoms with Gasteiger partial charge in [-0.1, -0.05) is 29.8 Å². The Bertz CT molecular complexity index is 937. The van der Waals surface area contributed by atoms with Gasteiger partial charge in [-0.15, -0.1) is 11.3 Å². The topological polar surface area (TPSA) is 68.5 Å². The number of ether oxygens (including phenoxy) is 1. The van der Waals surface area contributed by atoms with E-state index in [9.17, 15) is 9.59 Å². The fourth-order valence-electron chi connectivity index (χ4n) is 2.40. The minimum absolute atomic E-state index is 0.348. The number of carbonyl (C=O) groups is 2. The van der Waals surface area contributed by atoms with Crippen LogP contribution in [0.4, 0.5) is 5.00 Å². The molecule has 2 heterocycles. The highest BCUT2D eigenvalue weighted by Crippen LogP contribution is 2.36. The van der Waals surface area contributed by atoms with E-state index in [1.807, 2.05) is 36.6 Å². The van der Waals surface area contributed by atoms with Gasteiger partial charge in [-0.25, -0.2) is 4.79 Å². The summed E-state index contributed by atoms with van der Waals surface area (Å²) in [6, 6.07) is 11.3. The van der Waals surface area contributed by atoms with E-state index >= 15 is 0 Å². The summed E-state index contributed by atoms with van der Waals surface area (Å²) < 4.78 is 10.1. The standard InChI is InChI=1S/C20H17NO4S/c1-13-5-7-14(8-6-13)16-12-26-19(18(16)20(23)24-2)21-17(22)10-9-15-4-3-11-25-15/h3-12H,1-2H3,(H,21,22). The predicted octanol–water partition coefficient (Wildman–Crippen LogP) is 4.76. The fourth-order valence-corrected chi connectivity index (χ4v) is 3.36. The molecule has 6 heteroatoms. The molecule has 132 valence electrons. The lowest BCUT2D eigenvalue weighted by atomic mass is 10.0. The monoisotopic (exact) mass is 367 g/mol. The van der Waals surface area contributed by atoms with Gasteiger partial charge in [-0.3, -0.25) is 4.79 Å². The zero-order valence-corrected chi connectivity index (χ0v) is 15.1. The summed E-state index contributed by atoms with van der Waals surface area (Å²) in [5, 5.41) is 5.02. The molecule has 3 aromatic rings. The van der Waals surface area contributed by atoms with Gasteiger partial charge in [-0.05, 0) is 30.7 Å². The Balaban J connectivity index is 1.88. The Labute approximate surface area is 154 Å². The highest BCUT2D eigenvalue weighted by Gasteiger charge is 2.21. The molecule has 2 aromatic heterocycles. The number of furan rings is 1. The van der Waals surface area contributed by atoms with Gasteiger partial charge in [0.1, 0.15) is 16.3 Å². The van der Waals surface area contributed by atoms with Crippen molar-refractivity contribution in [3.8, 4) is 11.1 Å². The quantitative estimate of drug-likeness (QED) is 0.522. The van der Waals surface area contributed by atoms with E-state index in [-0.39, 0.29) is 5.91 Å². The number of carbonyl (C=O) groups excluding carboxylic acids is 2. The summed E-state index contributed by atoms with van der Waals surface area (Å²) in [5.41, 5.74) is 3.09. The molecule has 0 unspecified atom stereocenters. The molecule has 26 heavy (non-hydrogen) atoms. The summed E-state index contributed by atoms with van der Waals surface area (Å²) in [5.74, 6) is -0.282. The molecule has 0 aliphatic heterocycles. The van der Waals surface area contributed by atoms with E-state index in [2.05, 4.69) is 5.32 Å². The van der Waals surface area contributed by atoms with Crippen molar-refractivity contribution in [2.75, 3.05) is 12.4 Å². The van der Waals surface area contributed by atoms with Gasteiger partial charge in [0.15, 0.2) is 0 Å². The molecule has 1 N–H and O–H groups in total. The summed E-state index contributed by atoms with van der Waals surface area (Å²) in [7, 11) is 1.32. The molecule has 0 radical (unpaired) electrons. The molecule has 0 aliphatic rings. The van der Waals surface area contributed by atoms with E-state index < -0.39 is 5.97 Å². The number of amides is 1. The van der Waals surface area contributed by atoms with Crippen LogP contribution < -0.4 is 5.32 Å². The van der Waals surface area contributed by atoms with Gasteiger partial charge >= 0.3 is 5.97 Å². The molecule has 0 aliphatic carbocycles. The highest BCUT2D eigenvalue weighted by molar-refractivity contribution is 7.15. The van der Waals surface area contributed by atoms with E-state index in [1.54, 1.807) is 18.2 Å². The van der Waals surface area contributed by atoms with Crippen molar-refractivity contribution in [1.29, 1.82) is 0 Å². The first-order valence-electron chi connectivity index (χ1n) is 7.88. The largest absolute Gasteiger partial charge is 0.465 e. The van der Waals surface area contributed by atoms with Crippen LogP contribution in [-0.4, -0.2) is 19.0 Å². The molecular weight excluding hydrogens is 350 g/mol. The first kappa shape index (κ1) is 17.7. The molecule has 5 nitrogen and oxygen atoms in total. The number of nitrogens with one attached hydrogen (secondary N) is 1. The van der Waals surface area contributed by atoms with E-state index in [0.717, 1.165) is 16.7 Å². The molecule has 1 aromatic carbocycles. The number of hydrogen-bond donors (Lipinski definition) is 1. The van der Waals surface area contributed by atoms with Crippen molar-refractivity contribution in [3.05, 3.63) is 71.0 Å². The molecule has 0 spiro atoms. The van der Waals surface area contributed by atoms with Crippen LogP contribution in [0.1, 0.15) is 21.7 Å². The number of hydrogen-bond acceptors (Lipinski definition) is 5. The van der Waals surface area contributed by atoms with Gasteiger partial charge in [0.05, 0.1) is 13.4 Å². The number of thiophene rings is 1. The molecule has 0 fully saturated rings. The Morgan fingerprint density at radius 1 is 1.19 bits per heavy atom. The van der Waals surface area contributed by atoms with Crippen molar-refractivity contribution < 1.29 is 18.7 Å². The summed E-state index contributed by atoms with van der Waals surface area (Å²) in [6.07, 6.45) is 4.44. The van der Waals surface area contributed by atoms with Gasteiger partial charge in [0.25, 0.3) is 0 Å². The molecule has 0 atom stereocenters. The predicted molar refractivity (Wildman–Crippen MR) is 102 cm³/mol. The molecule has 1 amide bonds. The van der Waals surface area contributed by atoms with Crippen LogP contribution in [0.15, 0.2) is 58.5 Å². The number of methoxy groups -OCH3 is 1. The smallest absolute Gasteiger partial charge is 0.341 e. The summed E-state index contributed by atoms with van der Waals surface area (Å²) in [4.78, 5) is 24.5. The van der Waals surface area contributed by atoms with Crippen molar-refractivity contribution in [2.45, 2.75) is 6.92 Å². The van der Waals surface area contributed by atoms with Crippen LogP contribution in [-0.2, 0) is 9.53 Å². The van der Waals surface area contributed by atoms with Crippen LogP contribution in [0, 0.1) is 6.92 Å². The number of rotatable bonds is 5. The highest BCUT2D eigenvalue weighted by atomic mass is 32.1. The van der Waals surface area contributed by atoms with Crippen molar-refractivity contribution >= 4 is 34.3 Å². The number of aryl methyl sites for hydroxylation is 1. The fraction of sp³-hybridized carbons (Fsp3) is 0.100. The molecular formula is C20H17NO4S. The molecule has 3 rings (SSSR count). The van der Waals surface area contributed by atoms with Crippen molar-refractivity contribution in [2.24, 2.45) is 0 Å². The van der Waals surface area contributed by atoms with Gasteiger partial charge in [0.2, 0.25) is 5.91 Å². The lowest BCUT2D eigenvalue weighted by molar-refractivity contribution is -0.111.